The number of fused-ring (bicyclic) bond motifs is 6. The second kappa shape index (κ2) is 15.4. The Labute approximate surface area is 359 Å². The first-order valence-electron chi connectivity index (χ1n) is 20.9. The molecule has 2 N–H and O–H groups in total. The molecule has 62 heavy (non-hydrogen) atoms. The minimum atomic E-state index is -0.895. The summed E-state index contributed by atoms with van der Waals surface area (Å²) in [5, 5.41) is 15.1. The van der Waals surface area contributed by atoms with Gasteiger partial charge in [-0.3, -0.25) is 19.4 Å². The Bertz CT molecular complexity index is 2640. The lowest BCUT2D eigenvalue weighted by Crippen LogP contribution is -2.36. The van der Waals surface area contributed by atoms with Crippen LogP contribution in [0.25, 0.3) is 11.5 Å². The van der Waals surface area contributed by atoms with Gasteiger partial charge in [0.1, 0.15) is 52.7 Å². The van der Waals surface area contributed by atoms with Crippen molar-refractivity contribution in [3.8, 4) is 17.3 Å². The molecule has 0 radical (unpaired) electrons. The van der Waals surface area contributed by atoms with E-state index in [0.717, 1.165) is 28.3 Å². The minimum Gasteiger partial charge on any atom is -0.486 e. The summed E-state index contributed by atoms with van der Waals surface area (Å²) in [7, 11) is 7.67. The van der Waals surface area contributed by atoms with Gasteiger partial charge in [0, 0.05) is 56.8 Å². The van der Waals surface area contributed by atoms with Crippen LogP contribution in [0.5, 0.6) is 5.75 Å². The van der Waals surface area contributed by atoms with E-state index >= 15 is 0 Å². The van der Waals surface area contributed by atoms with Crippen LogP contribution in [0.1, 0.15) is 100 Å². The van der Waals surface area contributed by atoms with Crippen molar-refractivity contribution in [1.29, 1.82) is 0 Å². The number of ether oxygens (including phenoxy) is 2. The third-order valence-electron chi connectivity index (χ3n) is 12.4. The highest BCUT2D eigenvalue weighted by atomic mass is 16.6. The first-order valence-corrected chi connectivity index (χ1v) is 20.9. The van der Waals surface area contributed by atoms with Crippen LogP contribution < -0.4 is 35.0 Å². The van der Waals surface area contributed by atoms with Gasteiger partial charge < -0.3 is 34.5 Å². The molecule has 2 atom stereocenters. The van der Waals surface area contributed by atoms with E-state index in [4.69, 9.17) is 29.4 Å². The molecule has 18 heteroatoms. The van der Waals surface area contributed by atoms with Crippen molar-refractivity contribution in [2.24, 2.45) is 0 Å². The molecule has 322 valence electrons. The summed E-state index contributed by atoms with van der Waals surface area (Å²) in [6.07, 6.45) is 1.95. The third-order valence-corrected chi connectivity index (χ3v) is 12.4. The molecule has 5 aromatic heterocycles. The maximum Gasteiger partial charge on any atom is 0.341 e. The van der Waals surface area contributed by atoms with Crippen molar-refractivity contribution >= 4 is 41.1 Å². The van der Waals surface area contributed by atoms with Crippen LogP contribution in [-0.4, -0.2) is 98.9 Å². The van der Waals surface area contributed by atoms with Crippen LogP contribution in [-0.2, 0) is 43.1 Å². The van der Waals surface area contributed by atoms with Crippen molar-refractivity contribution < 1.29 is 23.9 Å². The first kappa shape index (κ1) is 40.9. The molecular weight excluding hydrogens is 791 g/mol. The number of carbonyl (C=O) groups is 3. The Balaban J connectivity index is 0.951. The van der Waals surface area contributed by atoms with Crippen LogP contribution in [0.2, 0.25) is 0 Å². The Kier molecular flexibility index (Phi) is 10.2. The number of hydrogen-bond donors (Lipinski definition) is 2. The van der Waals surface area contributed by atoms with Crippen LogP contribution in [0.4, 0.5) is 23.3 Å². The van der Waals surface area contributed by atoms with E-state index in [9.17, 15) is 14.4 Å². The molecule has 0 bridgehead atoms. The molecule has 18 nitrogen and oxygen atoms in total. The maximum absolute atomic E-state index is 14.1. The van der Waals surface area contributed by atoms with Crippen molar-refractivity contribution in [3.63, 3.8) is 0 Å². The Morgan fingerprint density at radius 1 is 0.806 bits per heavy atom. The van der Waals surface area contributed by atoms with E-state index in [2.05, 4.69) is 51.4 Å². The molecule has 4 aliphatic rings. The van der Waals surface area contributed by atoms with Gasteiger partial charge in [-0.25, -0.2) is 24.7 Å². The Morgan fingerprint density at radius 3 is 2.02 bits per heavy atom. The number of esters is 1. The number of nitrogens with zero attached hydrogens (tertiary/aromatic N) is 11. The standard InChI is InChI=1S/C44H51N13O5/c1-23(2)53(8)36-15-27-29(31(48-36)17-45-6)20-56(41(27)58)34-13-11-33-38(50-34)40-52-47-22-55(40)19-25(61-33)14-24(3)54(9)37-16-28-30(32(49-37)18-46-7)21-57(42(28)59)35-12-10-26-39(51-35)44(4,5)62-43(26)60/h10-13,15-16,22-25,45-46H,14,17-21H2,1-9H3. The van der Waals surface area contributed by atoms with Crippen molar-refractivity contribution in [2.45, 2.75) is 97.6 Å². The number of amides is 2. The number of carbonyl (C=O) groups excluding carboxylic acids is 3. The number of cyclic esters (lactones) is 1. The highest BCUT2D eigenvalue weighted by molar-refractivity contribution is 6.11. The molecule has 0 fully saturated rings. The summed E-state index contributed by atoms with van der Waals surface area (Å²) in [4.78, 5) is 67.8. The zero-order valence-electron chi connectivity index (χ0n) is 36.5. The number of rotatable bonds is 12. The molecule has 0 spiro atoms. The van der Waals surface area contributed by atoms with E-state index in [1.807, 2.05) is 57.0 Å². The fourth-order valence-corrected chi connectivity index (χ4v) is 8.62. The summed E-state index contributed by atoms with van der Waals surface area (Å²) in [5.74, 6) is 2.68. The molecule has 0 aromatic carbocycles. The van der Waals surface area contributed by atoms with Crippen molar-refractivity contribution in [3.05, 3.63) is 87.6 Å². The van der Waals surface area contributed by atoms with Gasteiger partial charge in [-0.05, 0) is 85.1 Å². The van der Waals surface area contributed by atoms with Crippen LogP contribution in [0, 0.1) is 0 Å². The molecule has 2 amide bonds. The average Bonchev–Trinajstić information content (AvgIpc) is 3.97. The average molecular weight is 842 g/mol. The lowest BCUT2D eigenvalue weighted by Gasteiger charge is -2.30. The predicted molar refractivity (Wildman–Crippen MR) is 231 cm³/mol. The van der Waals surface area contributed by atoms with Gasteiger partial charge >= 0.3 is 5.97 Å². The quantitative estimate of drug-likeness (QED) is 0.170. The SMILES string of the molecule is CNCc1nc(N(C)C(C)C)cc2c1CN(c1ccc3c(n1)-c1nncn1CC(CC(C)N(C)c1cc4c(c(CNC)n1)CN(c1ccc5c(n1)C(C)(C)OC5=O)C4=O)O3)C2=O. The largest absolute Gasteiger partial charge is 0.486 e. The molecule has 0 aliphatic carbocycles. The Morgan fingerprint density at radius 2 is 1.40 bits per heavy atom. The van der Waals surface area contributed by atoms with Crippen LogP contribution >= 0.6 is 0 Å². The number of nitrogens with one attached hydrogen (secondary N) is 2. The molecule has 4 aliphatic heterocycles. The van der Waals surface area contributed by atoms with E-state index in [0.29, 0.717) is 96.3 Å². The normalized spacial score (nSPS) is 17.6. The maximum atomic E-state index is 14.1. The van der Waals surface area contributed by atoms with Gasteiger partial charge in [-0.1, -0.05) is 0 Å². The lowest BCUT2D eigenvalue weighted by atomic mass is 10.0. The van der Waals surface area contributed by atoms with Crippen molar-refractivity contribution in [2.75, 3.05) is 47.8 Å². The number of aromatic nitrogens is 7. The molecule has 0 saturated carbocycles. The zero-order valence-corrected chi connectivity index (χ0v) is 36.5. The summed E-state index contributed by atoms with van der Waals surface area (Å²) in [6.45, 7) is 11.9. The monoisotopic (exact) mass is 841 g/mol. The second-order valence-electron chi connectivity index (χ2n) is 17.2. The topological polar surface area (TPSA) is 189 Å². The fourth-order valence-electron chi connectivity index (χ4n) is 8.62. The van der Waals surface area contributed by atoms with Crippen LogP contribution in [0.15, 0.2) is 42.7 Å². The Hall–Kier alpha value is -6.53. The van der Waals surface area contributed by atoms with Crippen LogP contribution in [0.3, 0.4) is 0 Å². The van der Waals surface area contributed by atoms with E-state index in [-0.39, 0.29) is 30.0 Å². The number of pyridine rings is 4. The zero-order chi connectivity index (χ0) is 43.8. The smallest absolute Gasteiger partial charge is 0.341 e. The lowest BCUT2D eigenvalue weighted by molar-refractivity contribution is 0.00829. The highest BCUT2D eigenvalue weighted by Gasteiger charge is 2.42. The minimum absolute atomic E-state index is 0.0896. The van der Waals surface area contributed by atoms with E-state index < -0.39 is 11.6 Å². The number of hydrogen-bond acceptors (Lipinski definition) is 15. The first-order chi connectivity index (χ1) is 29.7. The summed E-state index contributed by atoms with van der Waals surface area (Å²) < 4.78 is 14.2. The molecule has 0 saturated heterocycles. The van der Waals surface area contributed by atoms with Crippen molar-refractivity contribution in [1.82, 2.24) is 45.3 Å². The molecule has 2 unspecified atom stereocenters. The summed E-state index contributed by atoms with van der Waals surface area (Å²) in [6, 6.07) is 10.9. The predicted octanol–water partition coefficient (Wildman–Crippen LogP) is 4.21. The van der Waals surface area contributed by atoms with Gasteiger partial charge in [0.25, 0.3) is 11.8 Å². The second-order valence-corrected chi connectivity index (χ2v) is 17.2. The van der Waals surface area contributed by atoms with Gasteiger partial charge in [-0.2, -0.15) is 0 Å². The van der Waals surface area contributed by atoms with E-state index in [1.54, 1.807) is 42.1 Å². The van der Waals surface area contributed by atoms with Gasteiger partial charge in [0.2, 0.25) is 0 Å². The highest BCUT2D eigenvalue weighted by Crippen LogP contribution is 2.40. The van der Waals surface area contributed by atoms with Gasteiger partial charge in [0.15, 0.2) is 11.5 Å². The number of anilines is 4. The molecule has 5 aromatic rings. The van der Waals surface area contributed by atoms with E-state index in [1.165, 1.54) is 0 Å². The van der Waals surface area contributed by atoms with Gasteiger partial charge in [0.05, 0.1) is 47.7 Å². The fraction of sp³-hybridized carbons (Fsp3) is 0.432. The molecule has 9 rings (SSSR count). The molecular formula is C44H51N13O5. The van der Waals surface area contributed by atoms with Gasteiger partial charge in [-0.15, -0.1) is 10.2 Å². The molecule has 9 heterocycles. The third kappa shape index (κ3) is 6.86. The summed E-state index contributed by atoms with van der Waals surface area (Å²) in [5.41, 5.74) is 5.01. The summed E-state index contributed by atoms with van der Waals surface area (Å²) >= 11 is 0.